The second-order valence-electron chi connectivity index (χ2n) is 4.36. The minimum absolute atomic E-state index is 0.510. The minimum Gasteiger partial charge on any atom is -0.481 e. The molecule has 0 aliphatic carbocycles. The number of carbonyl (C=O) groups is 1. The van der Waals surface area contributed by atoms with Crippen molar-refractivity contribution in [2.75, 3.05) is 13.1 Å². The Balaban J connectivity index is 2.17. The first-order chi connectivity index (χ1) is 7.73. The van der Waals surface area contributed by atoms with Gasteiger partial charge in [0.1, 0.15) is 0 Å². The van der Waals surface area contributed by atoms with Gasteiger partial charge in [-0.1, -0.05) is 6.07 Å². The monoisotopic (exact) mass is 220 g/mol. The Hall–Kier alpha value is -1.42. The average molecular weight is 220 g/mol. The van der Waals surface area contributed by atoms with Crippen LogP contribution in [0.25, 0.3) is 0 Å². The molecule has 1 fully saturated rings. The van der Waals surface area contributed by atoms with E-state index in [9.17, 15) is 9.90 Å². The van der Waals surface area contributed by atoms with Crippen molar-refractivity contribution in [1.82, 2.24) is 10.3 Å². The molecular weight excluding hydrogens is 204 g/mol. The molecule has 2 heterocycles. The summed E-state index contributed by atoms with van der Waals surface area (Å²) in [6.45, 7) is 1.45. The molecule has 1 aromatic rings. The summed E-state index contributed by atoms with van der Waals surface area (Å²) in [5.74, 6) is -0.717. The molecule has 2 rings (SSSR count). The topological polar surface area (TPSA) is 62.2 Å². The lowest BCUT2D eigenvalue weighted by Gasteiger charge is -2.33. The second kappa shape index (κ2) is 4.61. The third kappa shape index (κ3) is 2.22. The molecule has 0 radical (unpaired) electrons. The number of carboxylic acids is 1. The van der Waals surface area contributed by atoms with Crippen LogP contribution in [0.5, 0.6) is 0 Å². The van der Waals surface area contributed by atoms with Crippen molar-refractivity contribution in [1.29, 1.82) is 0 Å². The molecule has 1 atom stereocenters. The lowest BCUT2D eigenvalue weighted by atomic mass is 9.77. The van der Waals surface area contributed by atoms with Gasteiger partial charge in [0.2, 0.25) is 0 Å². The summed E-state index contributed by atoms with van der Waals surface area (Å²) >= 11 is 0. The molecule has 1 aliphatic rings. The van der Waals surface area contributed by atoms with Crippen molar-refractivity contribution in [2.45, 2.75) is 19.3 Å². The molecule has 0 spiro atoms. The number of aliphatic carboxylic acids is 1. The number of piperidine rings is 1. The quantitative estimate of drug-likeness (QED) is 0.800. The zero-order valence-electron chi connectivity index (χ0n) is 9.15. The largest absolute Gasteiger partial charge is 0.481 e. The van der Waals surface area contributed by atoms with Crippen molar-refractivity contribution in [3.05, 3.63) is 30.1 Å². The Kier molecular flexibility index (Phi) is 3.19. The predicted molar refractivity (Wildman–Crippen MR) is 60.1 cm³/mol. The van der Waals surface area contributed by atoms with Crippen LogP contribution in [0, 0.1) is 5.41 Å². The molecule has 4 nitrogen and oxygen atoms in total. The van der Waals surface area contributed by atoms with Gasteiger partial charge in [-0.05, 0) is 31.5 Å². The molecule has 16 heavy (non-hydrogen) atoms. The third-order valence-electron chi connectivity index (χ3n) is 3.17. The number of pyridine rings is 1. The molecule has 0 aromatic carbocycles. The Morgan fingerprint density at radius 3 is 3.00 bits per heavy atom. The zero-order chi connectivity index (χ0) is 11.4. The molecule has 0 unspecified atom stereocenters. The van der Waals surface area contributed by atoms with Gasteiger partial charge in [-0.2, -0.15) is 0 Å². The summed E-state index contributed by atoms with van der Waals surface area (Å²) in [5, 5.41) is 12.6. The van der Waals surface area contributed by atoms with Crippen molar-refractivity contribution in [3.8, 4) is 0 Å². The van der Waals surface area contributed by atoms with Gasteiger partial charge in [-0.3, -0.25) is 9.78 Å². The number of carboxylic acid groups (broad SMARTS) is 1. The molecule has 1 aromatic heterocycles. The van der Waals surface area contributed by atoms with Crippen molar-refractivity contribution >= 4 is 5.97 Å². The van der Waals surface area contributed by atoms with E-state index in [2.05, 4.69) is 10.3 Å². The van der Waals surface area contributed by atoms with Gasteiger partial charge in [0.15, 0.2) is 0 Å². The van der Waals surface area contributed by atoms with Gasteiger partial charge >= 0.3 is 5.97 Å². The van der Waals surface area contributed by atoms with Crippen LogP contribution >= 0.6 is 0 Å². The standard InChI is InChI=1S/C12H16N2O2/c15-11(16)12(5-3-6-13-9-12)8-10-4-1-2-7-14-10/h1-2,4,7,13H,3,5-6,8-9H2,(H,15,16)/t12-/m0/s1. The van der Waals surface area contributed by atoms with Crippen LogP contribution in [-0.4, -0.2) is 29.1 Å². The molecular formula is C12H16N2O2. The summed E-state index contributed by atoms with van der Waals surface area (Å²) < 4.78 is 0. The fraction of sp³-hybridized carbons (Fsp3) is 0.500. The lowest BCUT2D eigenvalue weighted by Crippen LogP contribution is -2.47. The van der Waals surface area contributed by atoms with E-state index in [1.54, 1.807) is 6.20 Å². The van der Waals surface area contributed by atoms with E-state index >= 15 is 0 Å². The van der Waals surface area contributed by atoms with Crippen molar-refractivity contribution < 1.29 is 9.90 Å². The Morgan fingerprint density at radius 1 is 1.56 bits per heavy atom. The SMILES string of the molecule is O=C(O)[C@]1(Cc2ccccn2)CCCNC1. The van der Waals surface area contributed by atoms with Gasteiger partial charge in [-0.25, -0.2) is 0 Å². The first-order valence-electron chi connectivity index (χ1n) is 5.57. The molecule has 1 saturated heterocycles. The highest BCUT2D eigenvalue weighted by molar-refractivity contribution is 5.75. The van der Waals surface area contributed by atoms with E-state index in [1.807, 2.05) is 18.2 Å². The molecule has 0 saturated carbocycles. The fourth-order valence-electron chi connectivity index (χ4n) is 2.23. The van der Waals surface area contributed by atoms with Crippen LogP contribution < -0.4 is 5.32 Å². The number of nitrogens with zero attached hydrogens (tertiary/aromatic N) is 1. The summed E-state index contributed by atoms with van der Waals surface area (Å²) in [7, 11) is 0. The van der Waals surface area contributed by atoms with E-state index < -0.39 is 11.4 Å². The van der Waals surface area contributed by atoms with Crippen molar-refractivity contribution in [3.63, 3.8) is 0 Å². The Morgan fingerprint density at radius 2 is 2.44 bits per heavy atom. The number of aromatic nitrogens is 1. The van der Waals surface area contributed by atoms with E-state index in [-0.39, 0.29) is 0 Å². The lowest BCUT2D eigenvalue weighted by molar-refractivity contribution is -0.150. The molecule has 0 amide bonds. The minimum atomic E-state index is -0.717. The second-order valence-corrected chi connectivity index (χ2v) is 4.36. The van der Waals surface area contributed by atoms with E-state index in [0.717, 1.165) is 25.1 Å². The van der Waals surface area contributed by atoms with Gasteiger partial charge < -0.3 is 10.4 Å². The van der Waals surface area contributed by atoms with E-state index in [1.165, 1.54) is 0 Å². The maximum absolute atomic E-state index is 11.4. The van der Waals surface area contributed by atoms with Crippen LogP contribution in [0.3, 0.4) is 0 Å². The Labute approximate surface area is 94.7 Å². The first kappa shape index (κ1) is 11.1. The molecule has 86 valence electrons. The van der Waals surface area contributed by atoms with Crippen molar-refractivity contribution in [2.24, 2.45) is 5.41 Å². The van der Waals surface area contributed by atoms with E-state index in [0.29, 0.717) is 13.0 Å². The smallest absolute Gasteiger partial charge is 0.311 e. The van der Waals surface area contributed by atoms with Crippen LogP contribution in [-0.2, 0) is 11.2 Å². The summed E-state index contributed by atoms with van der Waals surface area (Å²) in [6.07, 6.45) is 3.86. The van der Waals surface area contributed by atoms with Crippen LogP contribution in [0.1, 0.15) is 18.5 Å². The molecule has 2 N–H and O–H groups in total. The molecule has 4 heteroatoms. The number of nitrogens with one attached hydrogen (secondary N) is 1. The van der Waals surface area contributed by atoms with Gasteiger partial charge in [0, 0.05) is 24.9 Å². The average Bonchev–Trinajstić information content (AvgIpc) is 2.31. The van der Waals surface area contributed by atoms with Crippen LogP contribution in [0.4, 0.5) is 0 Å². The van der Waals surface area contributed by atoms with Gasteiger partial charge in [-0.15, -0.1) is 0 Å². The van der Waals surface area contributed by atoms with Gasteiger partial charge in [0.25, 0.3) is 0 Å². The molecule has 0 bridgehead atoms. The van der Waals surface area contributed by atoms with Crippen LogP contribution in [0.15, 0.2) is 24.4 Å². The maximum Gasteiger partial charge on any atom is 0.311 e. The molecule has 1 aliphatic heterocycles. The van der Waals surface area contributed by atoms with Gasteiger partial charge in [0.05, 0.1) is 5.41 Å². The first-order valence-corrected chi connectivity index (χ1v) is 5.57. The third-order valence-corrected chi connectivity index (χ3v) is 3.17. The fourth-order valence-corrected chi connectivity index (χ4v) is 2.23. The summed E-state index contributed by atoms with van der Waals surface area (Å²) in [6, 6.07) is 5.63. The summed E-state index contributed by atoms with van der Waals surface area (Å²) in [5.41, 5.74) is 0.181. The Bertz CT molecular complexity index is 359. The maximum atomic E-state index is 11.4. The number of hydrogen-bond donors (Lipinski definition) is 2. The zero-order valence-corrected chi connectivity index (χ0v) is 9.15. The predicted octanol–water partition coefficient (Wildman–Crippen LogP) is 1.08. The number of hydrogen-bond acceptors (Lipinski definition) is 3. The highest BCUT2D eigenvalue weighted by atomic mass is 16.4. The van der Waals surface area contributed by atoms with E-state index in [4.69, 9.17) is 0 Å². The highest BCUT2D eigenvalue weighted by Crippen LogP contribution is 2.30. The highest BCUT2D eigenvalue weighted by Gasteiger charge is 2.40. The summed E-state index contributed by atoms with van der Waals surface area (Å²) in [4.78, 5) is 15.6. The number of rotatable bonds is 3. The normalized spacial score (nSPS) is 25.2. The van der Waals surface area contributed by atoms with Crippen LogP contribution in [0.2, 0.25) is 0 Å².